The van der Waals surface area contributed by atoms with Gasteiger partial charge in [0.15, 0.2) is 0 Å². The Bertz CT molecular complexity index is 392. The molecule has 0 aromatic rings. The molecule has 0 aromatic carbocycles. The number of hydrogen-bond acceptors (Lipinski definition) is 3. The van der Waals surface area contributed by atoms with E-state index in [1.807, 2.05) is 13.8 Å². The van der Waals surface area contributed by atoms with Gasteiger partial charge >= 0.3 is 0 Å². The Morgan fingerprint density at radius 3 is 1.53 bits per heavy atom. The lowest BCUT2D eigenvalue weighted by Crippen LogP contribution is -1.96. The van der Waals surface area contributed by atoms with E-state index in [-0.39, 0.29) is 0 Å². The Morgan fingerprint density at radius 1 is 0.882 bits per heavy atom. The van der Waals surface area contributed by atoms with Crippen molar-refractivity contribution in [3.8, 4) is 23.7 Å². The van der Waals surface area contributed by atoms with Crippen LogP contribution in [0.1, 0.15) is 40.5 Å². The van der Waals surface area contributed by atoms with Crippen molar-refractivity contribution in [2.45, 2.75) is 40.5 Å². The number of allylic oxidation sites excluding steroid dienone is 2. The van der Waals surface area contributed by atoms with Crippen molar-refractivity contribution in [1.82, 2.24) is 0 Å². The first kappa shape index (κ1) is 15.0. The number of aliphatic hydroxyl groups excluding tert-OH is 2. The van der Waals surface area contributed by atoms with Gasteiger partial charge in [0.1, 0.15) is 0 Å². The predicted octanol–water partition coefficient (Wildman–Crippen LogP) is 3.41. The molecule has 0 unspecified atom stereocenters. The molecule has 0 aliphatic rings. The largest absolute Gasteiger partial charge is 0.480 e. The maximum absolute atomic E-state index is 9.50. The van der Waals surface area contributed by atoms with Crippen LogP contribution >= 0.6 is 0 Å². The van der Waals surface area contributed by atoms with Crippen molar-refractivity contribution in [2.24, 2.45) is 0 Å². The van der Waals surface area contributed by atoms with E-state index >= 15 is 0 Å². The van der Waals surface area contributed by atoms with Crippen molar-refractivity contribution in [2.75, 3.05) is 0 Å². The molecule has 0 fully saturated rings. The smallest absolute Gasteiger partial charge is 0.296 e. The molecule has 3 nitrogen and oxygen atoms in total. The summed E-state index contributed by atoms with van der Waals surface area (Å²) in [6, 6.07) is 0. The highest BCUT2D eigenvalue weighted by atomic mass is 16.7. The Balaban J connectivity index is 4.84. The Morgan fingerprint density at radius 2 is 1.24 bits per heavy atom. The van der Waals surface area contributed by atoms with Crippen LogP contribution in [-0.4, -0.2) is 10.2 Å². The maximum Gasteiger partial charge on any atom is 0.296 e. The summed E-state index contributed by atoms with van der Waals surface area (Å²) in [6.07, 6.45) is 1.38. The highest BCUT2D eigenvalue weighted by Crippen LogP contribution is 2.09. The molecule has 0 rings (SSSR count). The van der Waals surface area contributed by atoms with Crippen LogP contribution in [0.15, 0.2) is 23.0 Å². The molecule has 0 radical (unpaired) electrons. The van der Waals surface area contributed by atoms with Crippen LogP contribution in [0.4, 0.5) is 0 Å². The molecular weight excluding hydrogens is 216 g/mol. The number of aliphatic hydroxyl groups is 2. The van der Waals surface area contributed by atoms with Gasteiger partial charge in [-0.05, 0) is 13.8 Å². The highest BCUT2D eigenvalue weighted by Gasteiger charge is 2.05. The SMILES string of the molecule is CCC#C/C(C)=C(\O)O/C(O)=C(\C)C#CCC. The molecule has 0 atom stereocenters. The van der Waals surface area contributed by atoms with Crippen LogP contribution in [-0.2, 0) is 4.74 Å². The predicted molar refractivity (Wildman–Crippen MR) is 67.9 cm³/mol. The van der Waals surface area contributed by atoms with Crippen LogP contribution in [0.5, 0.6) is 0 Å². The molecule has 0 bridgehead atoms. The minimum absolute atomic E-state index is 0.370. The molecule has 0 heterocycles. The summed E-state index contributed by atoms with van der Waals surface area (Å²) in [7, 11) is 0. The monoisotopic (exact) mass is 234 g/mol. The first-order valence-electron chi connectivity index (χ1n) is 5.48. The van der Waals surface area contributed by atoms with E-state index in [4.69, 9.17) is 4.74 Å². The second kappa shape index (κ2) is 8.19. The van der Waals surface area contributed by atoms with E-state index < -0.39 is 11.9 Å². The fourth-order valence-corrected chi connectivity index (χ4v) is 0.794. The van der Waals surface area contributed by atoms with Crippen molar-refractivity contribution in [1.29, 1.82) is 0 Å². The first-order valence-corrected chi connectivity index (χ1v) is 5.48. The van der Waals surface area contributed by atoms with Gasteiger partial charge in [0.2, 0.25) is 0 Å². The summed E-state index contributed by atoms with van der Waals surface area (Å²) in [5.74, 6) is 10.2. The lowest BCUT2D eigenvalue weighted by Gasteiger charge is -2.04. The average Bonchev–Trinajstić information content (AvgIpc) is 2.32. The Kier molecular flexibility index (Phi) is 7.22. The van der Waals surface area contributed by atoms with Crippen LogP contribution in [0, 0.1) is 23.7 Å². The van der Waals surface area contributed by atoms with E-state index in [0.717, 1.165) is 0 Å². The Labute approximate surface area is 103 Å². The van der Waals surface area contributed by atoms with Crippen LogP contribution in [0.3, 0.4) is 0 Å². The molecule has 0 aliphatic carbocycles. The number of rotatable bonds is 2. The van der Waals surface area contributed by atoms with Crippen molar-refractivity contribution in [3.63, 3.8) is 0 Å². The van der Waals surface area contributed by atoms with E-state index in [1.165, 1.54) is 0 Å². The van der Waals surface area contributed by atoms with Gasteiger partial charge in [-0.2, -0.15) is 0 Å². The zero-order valence-electron chi connectivity index (χ0n) is 10.7. The van der Waals surface area contributed by atoms with E-state index in [0.29, 0.717) is 24.0 Å². The molecule has 0 spiro atoms. The molecule has 0 aliphatic heterocycles. The van der Waals surface area contributed by atoms with Crippen molar-refractivity contribution < 1.29 is 14.9 Å². The third kappa shape index (κ3) is 6.22. The normalized spacial score (nSPS) is 12.2. The lowest BCUT2D eigenvalue weighted by atomic mass is 10.3. The van der Waals surface area contributed by atoms with Gasteiger partial charge in [0.25, 0.3) is 11.9 Å². The summed E-state index contributed by atoms with van der Waals surface area (Å²) in [5.41, 5.74) is 0.740. The second-order valence-electron chi connectivity index (χ2n) is 3.27. The van der Waals surface area contributed by atoms with Gasteiger partial charge in [-0.3, -0.25) is 0 Å². The minimum Gasteiger partial charge on any atom is -0.480 e. The third-order valence-corrected chi connectivity index (χ3v) is 1.74. The van der Waals surface area contributed by atoms with Gasteiger partial charge in [0.05, 0.1) is 11.1 Å². The van der Waals surface area contributed by atoms with Gasteiger partial charge in [-0.1, -0.05) is 37.5 Å². The summed E-state index contributed by atoms with van der Waals surface area (Å²) in [6.45, 7) is 7.02. The average molecular weight is 234 g/mol. The molecule has 0 saturated carbocycles. The van der Waals surface area contributed by atoms with Gasteiger partial charge in [0, 0.05) is 12.8 Å². The van der Waals surface area contributed by atoms with Gasteiger partial charge < -0.3 is 14.9 Å². The third-order valence-electron chi connectivity index (χ3n) is 1.74. The zero-order valence-corrected chi connectivity index (χ0v) is 10.7. The van der Waals surface area contributed by atoms with Crippen molar-refractivity contribution >= 4 is 0 Å². The quantitative estimate of drug-likeness (QED) is 0.568. The topological polar surface area (TPSA) is 49.7 Å². The number of ether oxygens (including phenoxy) is 1. The van der Waals surface area contributed by atoms with E-state index in [2.05, 4.69) is 23.7 Å². The maximum atomic E-state index is 9.50. The van der Waals surface area contributed by atoms with Crippen LogP contribution in [0.2, 0.25) is 0 Å². The summed E-state index contributed by atoms with van der Waals surface area (Å²) in [4.78, 5) is 0. The van der Waals surface area contributed by atoms with Gasteiger partial charge in [-0.25, -0.2) is 0 Å². The van der Waals surface area contributed by atoms with Crippen LogP contribution in [0.25, 0.3) is 0 Å². The first-order chi connectivity index (χ1) is 8.02. The molecule has 0 saturated heterocycles. The summed E-state index contributed by atoms with van der Waals surface area (Å²) >= 11 is 0. The van der Waals surface area contributed by atoms with Crippen LogP contribution < -0.4 is 0 Å². The fourth-order valence-electron chi connectivity index (χ4n) is 0.794. The second-order valence-corrected chi connectivity index (χ2v) is 3.27. The molecule has 17 heavy (non-hydrogen) atoms. The molecule has 0 aromatic heterocycles. The molecule has 2 N–H and O–H groups in total. The zero-order chi connectivity index (χ0) is 13.3. The lowest BCUT2D eigenvalue weighted by molar-refractivity contribution is 0.0639. The number of hydrogen-bond donors (Lipinski definition) is 2. The Hall–Kier alpha value is -2.00. The standard InChI is InChI=1S/C14H18O3/c1-5-7-9-11(3)13(15)17-14(16)12(4)10-8-6-2/h15-16H,5-6H2,1-4H3/b13-11+,14-12+. The highest BCUT2D eigenvalue weighted by molar-refractivity contribution is 5.29. The minimum atomic E-state index is -0.402. The molecular formula is C14H18O3. The summed E-state index contributed by atoms with van der Waals surface area (Å²) in [5, 5.41) is 19.0. The summed E-state index contributed by atoms with van der Waals surface area (Å²) < 4.78 is 4.83. The molecule has 0 amide bonds. The fraction of sp³-hybridized carbons (Fsp3) is 0.429. The van der Waals surface area contributed by atoms with Crippen molar-refractivity contribution in [3.05, 3.63) is 23.0 Å². The molecule has 92 valence electrons. The van der Waals surface area contributed by atoms with E-state index in [1.54, 1.807) is 13.8 Å². The van der Waals surface area contributed by atoms with Gasteiger partial charge in [-0.15, -0.1) is 0 Å². The molecule has 3 heteroatoms. The van der Waals surface area contributed by atoms with E-state index in [9.17, 15) is 10.2 Å².